The third-order valence-corrected chi connectivity index (χ3v) is 5.24. The van der Waals surface area contributed by atoms with Crippen molar-refractivity contribution in [3.8, 4) is 0 Å². The lowest BCUT2D eigenvalue weighted by Crippen LogP contribution is -2.56. The highest BCUT2D eigenvalue weighted by atomic mass is 35.5. The first-order valence-electron chi connectivity index (χ1n) is 8.35. The Hall–Kier alpha value is -1.12. The van der Waals surface area contributed by atoms with Crippen LogP contribution in [0, 0.1) is 0 Å². The molecule has 24 heavy (non-hydrogen) atoms. The Labute approximate surface area is 147 Å². The third-order valence-electron chi connectivity index (χ3n) is 4.98. The largest absolute Gasteiger partial charge is 0.437 e. The fraction of sp³-hybridized carbons (Fsp3) is 0.562. The number of piperazine rings is 1. The van der Waals surface area contributed by atoms with Gasteiger partial charge in [-0.3, -0.25) is 9.69 Å². The van der Waals surface area contributed by atoms with Gasteiger partial charge in [0.25, 0.3) is 5.91 Å². The molecule has 1 aromatic carbocycles. The van der Waals surface area contributed by atoms with Crippen molar-refractivity contribution in [2.75, 3.05) is 39.3 Å². The molecule has 2 aliphatic heterocycles. The molecule has 2 aliphatic rings. The van der Waals surface area contributed by atoms with E-state index >= 15 is 0 Å². The third kappa shape index (κ3) is 3.76. The average molecular weight is 352 g/mol. The summed E-state index contributed by atoms with van der Waals surface area (Å²) in [6.07, 6.45) is -0.542. The molecule has 2 fully saturated rings. The Morgan fingerprint density at radius 2 is 1.79 bits per heavy atom. The van der Waals surface area contributed by atoms with Crippen molar-refractivity contribution >= 4 is 24.6 Å². The van der Waals surface area contributed by atoms with Crippen LogP contribution in [0.1, 0.15) is 10.4 Å². The zero-order valence-electron chi connectivity index (χ0n) is 13.8. The van der Waals surface area contributed by atoms with Gasteiger partial charge in [0.15, 0.2) is 0 Å². The van der Waals surface area contributed by atoms with Gasteiger partial charge < -0.3 is 19.8 Å². The van der Waals surface area contributed by atoms with Crippen LogP contribution in [-0.2, 0) is 0 Å². The van der Waals surface area contributed by atoms with Crippen molar-refractivity contribution in [3.05, 3.63) is 34.9 Å². The van der Waals surface area contributed by atoms with Gasteiger partial charge in [-0.05, 0) is 31.1 Å². The summed E-state index contributed by atoms with van der Waals surface area (Å²) < 4.78 is 0. The van der Waals surface area contributed by atoms with E-state index in [-0.39, 0.29) is 11.9 Å². The van der Waals surface area contributed by atoms with E-state index in [9.17, 15) is 14.9 Å². The van der Waals surface area contributed by atoms with Crippen LogP contribution in [0.15, 0.2) is 24.3 Å². The number of amides is 1. The fourth-order valence-electron chi connectivity index (χ4n) is 3.51. The molecule has 8 heteroatoms. The summed E-state index contributed by atoms with van der Waals surface area (Å²) in [6, 6.07) is 6.79. The Morgan fingerprint density at radius 1 is 1.17 bits per heavy atom. The van der Waals surface area contributed by atoms with E-state index < -0.39 is 13.2 Å². The highest BCUT2D eigenvalue weighted by molar-refractivity contribution is 6.45. The lowest BCUT2D eigenvalue weighted by Gasteiger charge is -2.39. The van der Waals surface area contributed by atoms with Gasteiger partial charge in [0.05, 0.1) is 12.1 Å². The highest BCUT2D eigenvalue weighted by Crippen LogP contribution is 2.21. The number of benzene rings is 1. The first-order chi connectivity index (χ1) is 11.5. The second kappa shape index (κ2) is 7.41. The minimum atomic E-state index is -0.542. The molecular weight excluding hydrogens is 328 g/mol. The topological polar surface area (TPSA) is 67.2 Å². The Morgan fingerprint density at radius 3 is 2.38 bits per heavy atom. The van der Waals surface area contributed by atoms with Crippen LogP contribution in [0.4, 0.5) is 0 Å². The molecule has 0 radical (unpaired) electrons. The monoisotopic (exact) mass is 351 g/mol. The smallest absolute Gasteiger partial charge is 0.376 e. The minimum absolute atomic E-state index is 0.0441. The van der Waals surface area contributed by atoms with Crippen molar-refractivity contribution in [3.63, 3.8) is 0 Å². The van der Waals surface area contributed by atoms with Gasteiger partial charge in [-0.15, -0.1) is 0 Å². The molecule has 1 amide bonds. The van der Waals surface area contributed by atoms with E-state index in [2.05, 4.69) is 4.90 Å². The minimum Gasteiger partial charge on any atom is -0.437 e. The van der Waals surface area contributed by atoms with Gasteiger partial charge in [0.2, 0.25) is 0 Å². The fourth-order valence-corrected chi connectivity index (χ4v) is 3.64. The number of nitrogens with zero attached hydrogens (tertiary/aromatic N) is 3. The molecule has 6 nitrogen and oxygen atoms in total. The number of likely N-dealkylation sites (tertiary alicyclic amines) is 1. The number of β-amino-alcohol motifs (C(OH)–C–C–N with tert-alkyl or cyclic N) is 1. The van der Waals surface area contributed by atoms with Crippen molar-refractivity contribution in [1.29, 1.82) is 0 Å². The van der Waals surface area contributed by atoms with Crippen LogP contribution in [0.2, 0.25) is 11.8 Å². The molecule has 3 rings (SSSR count). The standard InChI is InChI=1S/C16H23BClN3O3/c1-17(24)21-8-6-19(7-9-21)14-10-20(11-15(14)22)16(23)12-2-4-13(18)5-3-12/h2-5,14-15,22,24H,6-11H2,1H3/t14-,15-/m0/s1. The molecule has 1 aromatic rings. The molecule has 2 atom stereocenters. The molecule has 0 saturated carbocycles. The summed E-state index contributed by atoms with van der Waals surface area (Å²) in [5, 5.41) is 20.6. The molecule has 2 saturated heterocycles. The normalized spacial score (nSPS) is 25.9. The van der Waals surface area contributed by atoms with E-state index in [1.54, 1.807) is 36.0 Å². The highest BCUT2D eigenvalue weighted by Gasteiger charge is 2.39. The Kier molecular flexibility index (Phi) is 5.47. The first kappa shape index (κ1) is 17.7. The maximum atomic E-state index is 12.6. The summed E-state index contributed by atoms with van der Waals surface area (Å²) in [4.78, 5) is 18.5. The molecular formula is C16H23BClN3O3. The van der Waals surface area contributed by atoms with E-state index in [0.29, 0.717) is 23.7 Å². The first-order valence-corrected chi connectivity index (χ1v) is 8.72. The number of hydrogen-bond acceptors (Lipinski definition) is 5. The van der Waals surface area contributed by atoms with E-state index in [1.165, 1.54) is 0 Å². The van der Waals surface area contributed by atoms with Crippen LogP contribution >= 0.6 is 11.6 Å². The van der Waals surface area contributed by atoms with E-state index in [4.69, 9.17) is 11.6 Å². The molecule has 0 bridgehead atoms. The van der Waals surface area contributed by atoms with Gasteiger partial charge in [0, 0.05) is 49.9 Å². The maximum Gasteiger partial charge on any atom is 0.376 e. The van der Waals surface area contributed by atoms with Crippen molar-refractivity contribution in [2.45, 2.75) is 19.0 Å². The summed E-state index contributed by atoms with van der Waals surface area (Å²) in [7, 11) is -0.441. The van der Waals surface area contributed by atoms with Gasteiger partial charge >= 0.3 is 7.05 Å². The zero-order valence-corrected chi connectivity index (χ0v) is 14.6. The average Bonchev–Trinajstić information content (AvgIpc) is 2.97. The van der Waals surface area contributed by atoms with Gasteiger partial charge in [0.1, 0.15) is 0 Å². The maximum absolute atomic E-state index is 12.6. The predicted molar refractivity (Wildman–Crippen MR) is 94.1 cm³/mol. The van der Waals surface area contributed by atoms with Gasteiger partial charge in [-0.25, -0.2) is 0 Å². The Balaban J connectivity index is 1.60. The summed E-state index contributed by atoms with van der Waals surface area (Å²) in [5.41, 5.74) is 0.589. The second-order valence-electron chi connectivity index (χ2n) is 6.56. The van der Waals surface area contributed by atoms with Crippen LogP contribution in [0.3, 0.4) is 0 Å². The summed E-state index contributed by atoms with van der Waals surface area (Å²) in [5.74, 6) is -0.0733. The number of carbonyl (C=O) groups is 1. The van der Waals surface area contributed by atoms with Crippen molar-refractivity contribution < 1.29 is 14.9 Å². The van der Waals surface area contributed by atoms with Gasteiger partial charge in [-0.1, -0.05) is 11.6 Å². The zero-order chi connectivity index (χ0) is 17.3. The van der Waals surface area contributed by atoms with Gasteiger partial charge in [-0.2, -0.15) is 0 Å². The van der Waals surface area contributed by atoms with E-state index in [1.807, 2.05) is 4.81 Å². The number of hydrogen-bond donors (Lipinski definition) is 2. The molecule has 0 unspecified atom stereocenters. The number of carbonyl (C=O) groups excluding carboxylic acids is 1. The molecule has 2 heterocycles. The number of rotatable bonds is 3. The summed E-state index contributed by atoms with van der Waals surface area (Å²) >= 11 is 5.86. The second-order valence-corrected chi connectivity index (χ2v) is 6.99. The van der Waals surface area contributed by atoms with Crippen LogP contribution in [0.25, 0.3) is 0 Å². The summed E-state index contributed by atoms with van der Waals surface area (Å²) in [6.45, 7) is 5.76. The quantitative estimate of drug-likeness (QED) is 0.764. The molecule has 130 valence electrons. The van der Waals surface area contributed by atoms with Crippen LogP contribution in [0.5, 0.6) is 0 Å². The lowest BCUT2D eigenvalue weighted by molar-refractivity contribution is 0.0587. The number of aliphatic hydroxyl groups excluding tert-OH is 1. The molecule has 2 N–H and O–H groups in total. The van der Waals surface area contributed by atoms with Crippen molar-refractivity contribution in [1.82, 2.24) is 14.6 Å². The number of aliphatic hydroxyl groups is 1. The van der Waals surface area contributed by atoms with Crippen LogP contribution in [-0.4, -0.2) is 89.1 Å². The molecule has 0 aromatic heterocycles. The molecule has 0 spiro atoms. The van der Waals surface area contributed by atoms with Crippen LogP contribution < -0.4 is 0 Å². The predicted octanol–water partition coefficient (Wildman–Crippen LogP) is 0.253. The SMILES string of the molecule is CB(O)N1CCN([C@H]2CN(C(=O)c3ccc(Cl)cc3)C[C@@H]2O)CC1. The Bertz CT molecular complexity index is 578. The number of halogens is 1. The lowest BCUT2D eigenvalue weighted by atomic mass is 9.84. The van der Waals surface area contributed by atoms with E-state index in [0.717, 1.165) is 26.2 Å². The van der Waals surface area contributed by atoms with Crippen molar-refractivity contribution in [2.24, 2.45) is 0 Å². The molecule has 0 aliphatic carbocycles.